The lowest BCUT2D eigenvalue weighted by atomic mass is 10.2. The second kappa shape index (κ2) is 11.4. The van der Waals surface area contributed by atoms with Crippen molar-refractivity contribution in [3.63, 3.8) is 0 Å². The molecule has 1 aromatic carbocycles. The molecule has 1 fully saturated rings. The quantitative estimate of drug-likeness (QED) is 0.618. The zero-order valence-corrected chi connectivity index (χ0v) is 17.0. The number of benzene rings is 1. The fourth-order valence-corrected chi connectivity index (χ4v) is 3.37. The zero-order chi connectivity index (χ0) is 20.3. The van der Waals surface area contributed by atoms with Crippen LogP contribution in [-0.2, 0) is 4.74 Å². The highest BCUT2D eigenvalue weighted by molar-refractivity contribution is 5.96. The predicted octanol–water partition coefficient (Wildman–Crippen LogP) is 2.05. The van der Waals surface area contributed by atoms with E-state index in [9.17, 15) is 4.79 Å². The van der Waals surface area contributed by atoms with Gasteiger partial charge in [-0.15, -0.1) is 0 Å². The van der Waals surface area contributed by atoms with E-state index < -0.39 is 0 Å². The molecule has 156 valence electrons. The minimum atomic E-state index is -0.153. The fraction of sp³-hybridized carbons (Fsp3) is 0.455. The van der Waals surface area contributed by atoms with Crippen molar-refractivity contribution in [2.45, 2.75) is 6.42 Å². The van der Waals surface area contributed by atoms with Gasteiger partial charge in [-0.3, -0.25) is 9.69 Å². The smallest absolute Gasteiger partial charge is 0.256 e. The predicted molar refractivity (Wildman–Crippen MR) is 114 cm³/mol. The van der Waals surface area contributed by atoms with Crippen LogP contribution in [-0.4, -0.2) is 75.4 Å². The Morgan fingerprint density at radius 1 is 1.07 bits per heavy atom. The van der Waals surface area contributed by atoms with Crippen molar-refractivity contribution >= 4 is 11.6 Å². The number of nitrogens with one attached hydrogen (secondary N) is 1. The minimum Gasteiger partial charge on any atom is -0.475 e. The standard InChI is InChI=1S/C22H30N4O3/c1-28-17-18-29-22-20(9-5-10-24-22)21(27)23-11-6-12-25-13-15-26(16-14-25)19-7-3-2-4-8-19/h2-5,7-10H,6,11-18H2,1H3,(H,23,27). The molecule has 3 rings (SSSR count). The highest BCUT2D eigenvalue weighted by Gasteiger charge is 2.17. The molecule has 0 spiro atoms. The van der Waals surface area contributed by atoms with Gasteiger partial charge in [0.2, 0.25) is 5.88 Å². The average molecular weight is 399 g/mol. The lowest BCUT2D eigenvalue weighted by molar-refractivity contribution is 0.0942. The van der Waals surface area contributed by atoms with Gasteiger partial charge >= 0.3 is 0 Å². The first-order valence-electron chi connectivity index (χ1n) is 10.1. The maximum atomic E-state index is 12.5. The molecule has 1 aliphatic rings. The third kappa shape index (κ3) is 6.44. The van der Waals surface area contributed by atoms with Crippen LogP contribution in [0.2, 0.25) is 0 Å². The maximum Gasteiger partial charge on any atom is 0.256 e. The van der Waals surface area contributed by atoms with Crippen LogP contribution in [0.25, 0.3) is 0 Å². The first-order chi connectivity index (χ1) is 14.3. The van der Waals surface area contributed by atoms with Crippen molar-refractivity contribution in [1.29, 1.82) is 0 Å². The number of piperazine rings is 1. The first kappa shape index (κ1) is 21.1. The molecule has 29 heavy (non-hydrogen) atoms. The van der Waals surface area contributed by atoms with Crippen molar-refractivity contribution in [3.05, 3.63) is 54.2 Å². The summed E-state index contributed by atoms with van der Waals surface area (Å²) in [6.07, 6.45) is 2.53. The van der Waals surface area contributed by atoms with Gasteiger partial charge in [0.05, 0.1) is 6.61 Å². The monoisotopic (exact) mass is 398 g/mol. The number of hydrogen-bond donors (Lipinski definition) is 1. The number of carbonyl (C=O) groups is 1. The topological polar surface area (TPSA) is 66.9 Å². The Morgan fingerprint density at radius 3 is 2.62 bits per heavy atom. The summed E-state index contributed by atoms with van der Waals surface area (Å²) < 4.78 is 10.5. The molecule has 7 heteroatoms. The number of nitrogens with zero attached hydrogens (tertiary/aromatic N) is 3. The summed E-state index contributed by atoms with van der Waals surface area (Å²) in [5.74, 6) is 0.193. The Balaban J connectivity index is 1.36. The summed E-state index contributed by atoms with van der Waals surface area (Å²) in [5.41, 5.74) is 1.75. The van der Waals surface area contributed by atoms with Gasteiger partial charge in [-0.1, -0.05) is 18.2 Å². The molecule has 1 aromatic heterocycles. The van der Waals surface area contributed by atoms with E-state index in [0.29, 0.717) is 31.2 Å². The van der Waals surface area contributed by atoms with Gasteiger partial charge in [-0.2, -0.15) is 0 Å². The molecule has 0 aliphatic carbocycles. The lowest BCUT2D eigenvalue weighted by Crippen LogP contribution is -2.47. The molecule has 1 amide bonds. The maximum absolute atomic E-state index is 12.5. The Bertz CT molecular complexity index is 749. The molecule has 0 radical (unpaired) electrons. The highest BCUT2D eigenvalue weighted by Crippen LogP contribution is 2.16. The number of amides is 1. The summed E-state index contributed by atoms with van der Waals surface area (Å²) in [4.78, 5) is 21.5. The molecule has 0 saturated carbocycles. The van der Waals surface area contributed by atoms with Gasteiger partial charge in [0, 0.05) is 51.7 Å². The van der Waals surface area contributed by atoms with Gasteiger partial charge in [0.15, 0.2) is 0 Å². The normalized spacial score (nSPS) is 14.6. The van der Waals surface area contributed by atoms with E-state index in [0.717, 1.165) is 39.1 Å². The number of ether oxygens (including phenoxy) is 2. The van der Waals surface area contributed by atoms with E-state index in [2.05, 4.69) is 44.4 Å². The number of carbonyl (C=O) groups excluding carboxylic acids is 1. The molecule has 0 unspecified atom stereocenters. The van der Waals surface area contributed by atoms with E-state index in [4.69, 9.17) is 9.47 Å². The van der Waals surface area contributed by atoms with Gasteiger partial charge in [-0.05, 0) is 37.2 Å². The number of rotatable bonds is 10. The van der Waals surface area contributed by atoms with Crippen molar-refractivity contribution in [2.75, 3.05) is 64.5 Å². The third-order valence-electron chi connectivity index (χ3n) is 4.97. The second-order valence-electron chi connectivity index (χ2n) is 6.97. The molecule has 1 saturated heterocycles. The molecule has 1 N–H and O–H groups in total. The molecule has 0 bridgehead atoms. The number of para-hydroxylation sites is 1. The summed E-state index contributed by atoms with van der Waals surface area (Å²) in [5, 5.41) is 2.98. The number of methoxy groups -OCH3 is 1. The molecule has 0 atom stereocenters. The van der Waals surface area contributed by atoms with Crippen LogP contribution in [0.3, 0.4) is 0 Å². The summed E-state index contributed by atoms with van der Waals surface area (Å²) in [6.45, 7) is 6.59. The van der Waals surface area contributed by atoms with Crippen molar-refractivity contribution in [3.8, 4) is 5.88 Å². The van der Waals surface area contributed by atoms with Gasteiger partial charge in [-0.25, -0.2) is 4.98 Å². The summed E-state index contributed by atoms with van der Waals surface area (Å²) in [7, 11) is 1.61. The van der Waals surface area contributed by atoms with Crippen LogP contribution in [0.15, 0.2) is 48.7 Å². The molecular formula is C22H30N4O3. The van der Waals surface area contributed by atoms with E-state index in [1.807, 2.05) is 6.07 Å². The van der Waals surface area contributed by atoms with Gasteiger partial charge in [0.25, 0.3) is 5.91 Å². The lowest BCUT2D eigenvalue weighted by Gasteiger charge is -2.36. The van der Waals surface area contributed by atoms with Crippen LogP contribution in [0.4, 0.5) is 5.69 Å². The van der Waals surface area contributed by atoms with Crippen molar-refractivity contribution in [2.24, 2.45) is 0 Å². The Labute approximate surface area is 172 Å². The Morgan fingerprint density at radius 2 is 1.86 bits per heavy atom. The van der Waals surface area contributed by atoms with E-state index in [1.54, 1.807) is 25.4 Å². The van der Waals surface area contributed by atoms with Crippen LogP contribution < -0.4 is 15.0 Å². The van der Waals surface area contributed by atoms with Crippen LogP contribution in [0, 0.1) is 0 Å². The highest BCUT2D eigenvalue weighted by atomic mass is 16.5. The largest absolute Gasteiger partial charge is 0.475 e. The molecular weight excluding hydrogens is 368 g/mol. The average Bonchev–Trinajstić information content (AvgIpc) is 2.78. The zero-order valence-electron chi connectivity index (χ0n) is 17.0. The fourth-order valence-electron chi connectivity index (χ4n) is 3.37. The van der Waals surface area contributed by atoms with Crippen LogP contribution in [0.1, 0.15) is 16.8 Å². The SMILES string of the molecule is COCCOc1ncccc1C(=O)NCCCN1CCN(c2ccccc2)CC1. The first-order valence-corrected chi connectivity index (χ1v) is 10.1. The Kier molecular flexibility index (Phi) is 8.27. The second-order valence-corrected chi connectivity index (χ2v) is 6.97. The van der Waals surface area contributed by atoms with Gasteiger partial charge in [0.1, 0.15) is 12.2 Å². The van der Waals surface area contributed by atoms with Crippen LogP contribution in [0.5, 0.6) is 5.88 Å². The van der Waals surface area contributed by atoms with E-state index >= 15 is 0 Å². The van der Waals surface area contributed by atoms with E-state index in [-0.39, 0.29) is 5.91 Å². The molecule has 1 aliphatic heterocycles. The summed E-state index contributed by atoms with van der Waals surface area (Å²) in [6, 6.07) is 14.0. The van der Waals surface area contributed by atoms with Crippen molar-refractivity contribution in [1.82, 2.24) is 15.2 Å². The number of anilines is 1. The van der Waals surface area contributed by atoms with Gasteiger partial charge < -0.3 is 19.7 Å². The molecule has 2 aromatic rings. The molecule has 7 nitrogen and oxygen atoms in total. The molecule has 2 heterocycles. The van der Waals surface area contributed by atoms with Crippen LogP contribution >= 0.6 is 0 Å². The number of aromatic nitrogens is 1. The third-order valence-corrected chi connectivity index (χ3v) is 4.97. The van der Waals surface area contributed by atoms with Crippen molar-refractivity contribution < 1.29 is 14.3 Å². The minimum absolute atomic E-state index is 0.153. The van der Waals surface area contributed by atoms with E-state index in [1.165, 1.54) is 5.69 Å². The number of pyridine rings is 1. The summed E-state index contributed by atoms with van der Waals surface area (Å²) >= 11 is 0. The number of hydrogen-bond acceptors (Lipinski definition) is 6. The Hall–Kier alpha value is -2.64.